The number of halogens is 1. The summed E-state index contributed by atoms with van der Waals surface area (Å²) in [5, 5.41) is 0.692. The SMILES string of the molecule is C#C/C=C(\C=C/C)C(=C\C=C(/C)Cl)/c1ccccc1N. The molecule has 0 aliphatic rings. The highest BCUT2D eigenvalue weighted by Crippen LogP contribution is 2.29. The number of nitrogen functional groups attached to an aromatic ring is 1. The average molecular weight is 284 g/mol. The lowest BCUT2D eigenvalue weighted by Crippen LogP contribution is -1.95. The highest BCUT2D eigenvalue weighted by molar-refractivity contribution is 6.29. The third-order valence-electron chi connectivity index (χ3n) is 2.63. The van der Waals surface area contributed by atoms with E-state index in [1.807, 2.05) is 62.4 Å². The summed E-state index contributed by atoms with van der Waals surface area (Å²) >= 11 is 5.92. The zero-order chi connectivity index (χ0) is 15.0. The number of hydrogen-bond acceptors (Lipinski definition) is 1. The van der Waals surface area contributed by atoms with Gasteiger partial charge in [-0.1, -0.05) is 53.9 Å². The summed E-state index contributed by atoms with van der Waals surface area (Å²) in [6.07, 6.45) is 14.8. The molecule has 0 atom stereocenters. The molecule has 0 fully saturated rings. The van der Waals surface area contributed by atoms with Gasteiger partial charge in [-0.3, -0.25) is 0 Å². The molecule has 0 spiro atoms. The van der Waals surface area contributed by atoms with E-state index in [-0.39, 0.29) is 0 Å². The Balaban J connectivity index is 3.48. The molecule has 1 rings (SSSR count). The summed E-state index contributed by atoms with van der Waals surface area (Å²) < 4.78 is 0. The number of allylic oxidation sites excluding steroid dienone is 8. The van der Waals surface area contributed by atoms with Crippen molar-refractivity contribution < 1.29 is 0 Å². The van der Waals surface area contributed by atoms with Gasteiger partial charge >= 0.3 is 0 Å². The summed E-state index contributed by atoms with van der Waals surface area (Å²) in [5.41, 5.74) is 9.56. The Morgan fingerprint density at radius 3 is 2.55 bits per heavy atom. The Morgan fingerprint density at radius 2 is 2.00 bits per heavy atom. The normalized spacial score (nSPS) is 13.6. The highest BCUT2D eigenvalue weighted by atomic mass is 35.5. The fourth-order valence-electron chi connectivity index (χ4n) is 1.77. The Hall–Kier alpha value is -2.17. The molecular formula is C18H18ClN. The largest absolute Gasteiger partial charge is 0.398 e. The molecule has 0 heterocycles. The van der Waals surface area contributed by atoms with Crippen LogP contribution in [0.5, 0.6) is 0 Å². The van der Waals surface area contributed by atoms with Crippen LogP contribution in [0, 0.1) is 12.3 Å². The average Bonchev–Trinajstić information content (AvgIpc) is 2.41. The zero-order valence-electron chi connectivity index (χ0n) is 11.7. The molecule has 2 heteroatoms. The van der Waals surface area contributed by atoms with Gasteiger partial charge in [-0.2, -0.15) is 0 Å². The minimum Gasteiger partial charge on any atom is -0.398 e. The smallest absolute Gasteiger partial charge is 0.0393 e. The molecule has 0 amide bonds. The summed E-state index contributed by atoms with van der Waals surface area (Å²) in [7, 11) is 0. The number of hydrogen-bond donors (Lipinski definition) is 1. The lowest BCUT2D eigenvalue weighted by Gasteiger charge is -2.11. The van der Waals surface area contributed by atoms with Crippen LogP contribution in [0.15, 0.2) is 65.3 Å². The summed E-state index contributed by atoms with van der Waals surface area (Å²) in [6, 6.07) is 7.68. The first-order valence-electron chi connectivity index (χ1n) is 6.28. The van der Waals surface area contributed by atoms with Crippen LogP contribution in [0.3, 0.4) is 0 Å². The Kier molecular flexibility index (Phi) is 6.43. The molecule has 0 aliphatic carbocycles. The quantitative estimate of drug-likeness (QED) is 0.473. The van der Waals surface area contributed by atoms with Crippen molar-refractivity contribution in [2.24, 2.45) is 0 Å². The minimum atomic E-state index is 0.692. The van der Waals surface area contributed by atoms with Crippen molar-refractivity contribution in [3.8, 4) is 12.3 Å². The first-order valence-corrected chi connectivity index (χ1v) is 6.66. The maximum absolute atomic E-state index is 6.06. The van der Waals surface area contributed by atoms with Crippen LogP contribution in [-0.2, 0) is 0 Å². The van der Waals surface area contributed by atoms with E-state index in [4.69, 9.17) is 23.8 Å². The molecule has 0 bridgehead atoms. The van der Waals surface area contributed by atoms with Crippen molar-refractivity contribution in [3.05, 3.63) is 70.8 Å². The van der Waals surface area contributed by atoms with Crippen molar-refractivity contribution in [2.75, 3.05) is 5.73 Å². The second-order valence-electron chi connectivity index (χ2n) is 4.19. The first kappa shape index (κ1) is 15.9. The summed E-state index contributed by atoms with van der Waals surface area (Å²) in [5.74, 6) is 2.56. The van der Waals surface area contributed by atoms with Gasteiger partial charge in [0.15, 0.2) is 0 Å². The van der Waals surface area contributed by atoms with Crippen molar-refractivity contribution in [3.63, 3.8) is 0 Å². The lowest BCUT2D eigenvalue weighted by atomic mass is 9.95. The van der Waals surface area contributed by atoms with Gasteiger partial charge in [0.1, 0.15) is 0 Å². The second kappa shape index (κ2) is 8.09. The van der Waals surface area contributed by atoms with Crippen LogP contribution in [0.4, 0.5) is 5.69 Å². The van der Waals surface area contributed by atoms with Gasteiger partial charge in [0.2, 0.25) is 0 Å². The van der Waals surface area contributed by atoms with Crippen molar-refractivity contribution >= 4 is 22.9 Å². The van der Waals surface area contributed by atoms with Crippen molar-refractivity contribution in [1.82, 2.24) is 0 Å². The number of terminal acetylenes is 1. The van der Waals surface area contributed by atoms with Gasteiger partial charge in [0.25, 0.3) is 0 Å². The van der Waals surface area contributed by atoms with Crippen LogP contribution < -0.4 is 5.73 Å². The highest BCUT2D eigenvalue weighted by Gasteiger charge is 2.07. The molecule has 1 aromatic carbocycles. The van der Waals surface area contributed by atoms with Gasteiger partial charge in [0, 0.05) is 16.3 Å². The Bertz CT molecular complexity index is 621. The molecule has 0 aromatic heterocycles. The third-order valence-corrected chi connectivity index (χ3v) is 2.75. The first-order chi connectivity index (χ1) is 9.60. The van der Waals surface area contributed by atoms with E-state index in [0.29, 0.717) is 10.7 Å². The number of anilines is 1. The van der Waals surface area contributed by atoms with Crippen molar-refractivity contribution in [1.29, 1.82) is 0 Å². The number of para-hydroxylation sites is 1. The predicted octanol–water partition coefficient (Wildman–Crippen LogP) is 4.93. The van der Waals surface area contributed by atoms with Crippen LogP contribution in [-0.4, -0.2) is 0 Å². The Morgan fingerprint density at radius 1 is 1.30 bits per heavy atom. The van der Waals surface area contributed by atoms with E-state index in [2.05, 4.69) is 5.92 Å². The summed E-state index contributed by atoms with van der Waals surface area (Å²) in [6.45, 7) is 3.77. The predicted molar refractivity (Wildman–Crippen MR) is 90.2 cm³/mol. The zero-order valence-corrected chi connectivity index (χ0v) is 12.5. The molecular weight excluding hydrogens is 266 g/mol. The number of benzene rings is 1. The number of nitrogens with two attached hydrogens (primary N) is 1. The molecule has 0 radical (unpaired) electrons. The molecule has 2 N–H and O–H groups in total. The molecule has 1 nitrogen and oxygen atoms in total. The van der Waals surface area contributed by atoms with Crippen LogP contribution in [0.25, 0.3) is 5.57 Å². The molecule has 20 heavy (non-hydrogen) atoms. The van der Waals surface area contributed by atoms with E-state index in [1.54, 1.807) is 6.08 Å². The van der Waals surface area contributed by atoms with Gasteiger partial charge in [0.05, 0.1) is 0 Å². The molecule has 0 saturated heterocycles. The van der Waals surface area contributed by atoms with Crippen LogP contribution in [0.1, 0.15) is 19.4 Å². The Labute approximate surface area is 126 Å². The third kappa shape index (κ3) is 4.50. The van der Waals surface area contributed by atoms with E-state index < -0.39 is 0 Å². The van der Waals surface area contributed by atoms with Gasteiger partial charge in [-0.15, -0.1) is 6.42 Å². The molecule has 0 saturated carbocycles. The maximum Gasteiger partial charge on any atom is 0.0393 e. The molecule has 1 aromatic rings. The van der Waals surface area contributed by atoms with E-state index in [1.165, 1.54) is 0 Å². The minimum absolute atomic E-state index is 0.692. The second-order valence-corrected chi connectivity index (χ2v) is 4.78. The van der Waals surface area contributed by atoms with E-state index in [0.717, 1.165) is 16.7 Å². The summed E-state index contributed by atoms with van der Waals surface area (Å²) in [4.78, 5) is 0. The lowest BCUT2D eigenvalue weighted by molar-refractivity contribution is 1.55. The van der Waals surface area contributed by atoms with Crippen LogP contribution in [0.2, 0.25) is 0 Å². The maximum atomic E-state index is 6.06. The number of rotatable bonds is 4. The fourth-order valence-corrected chi connectivity index (χ4v) is 1.83. The van der Waals surface area contributed by atoms with Crippen molar-refractivity contribution in [2.45, 2.75) is 13.8 Å². The van der Waals surface area contributed by atoms with Crippen LogP contribution >= 0.6 is 11.6 Å². The fraction of sp³-hybridized carbons (Fsp3) is 0.111. The van der Waals surface area contributed by atoms with Gasteiger partial charge in [-0.25, -0.2) is 0 Å². The molecule has 102 valence electrons. The topological polar surface area (TPSA) is 26.0 Å². The standard InChI is InChI=1S/C18H18ClN/c1-4-8-15(9-5-2)16(13-12-14(3)19)17-10-6-7-11-18(17)20/h1,5-13H,20H2,2-3H3/b9-5-,14-12+,15-8+,16-13+. The molecule has 0 unspecified atom stereocenters. The van der Waals surface area contributed by atoms with E-state index >= 15 is 0 Å². The molecule has 0 aliphatic heterocycles. The van der Waals surface area contributed by atoms with Gasteiger partial charge in [-0.05, 0) is 43.2 Å². The van der Waals surface area contributed by atoms with Gasteiger partial charge < -0.3 is 5.73 Å². The van der Waals surface area contributed by atoms with E-state index in [9.17, 15) is 0 Å². The monoisotopic (exact) mass is 283 g/mol.